The predicted molar refractivity (Wildman–Crippen MR) is 108 cm³/mol. The minimum atomic E-state index is -0.0807. The average molecular weight is 355 g/mol. The average Bonchev–Trinajstić information content (AvgIpc) is 2.71. The minimum Gasteiger partial charge on any atom is -0.358 e. The Morgan fingerprint density at radius 3 is 2.11 bits per heavy atom. The number of benzene rings is 3. The van der Waals surface area contributed by atoms with Gasteiger partial charge in [-0.15, -0.1) is 0 Å². The maximum Gasteiger partial charge on any atom is 0.243 e. The van der Waals surface area contributed by atoms with Crippen LogP contribution in [-0.2, 0) is 17.8 Å². The molecule has 0 saturated heterocycles. The molecule has 3 aromatic rings. The van der Waals surface area contributed by atoms with Crippen LogP contribution < -0.4 is 10.2 Å². The Balaban J connectivity index is 1.69. The van der Waals surface area contributed by atoms with Gasteiger partial charge in [-0.3, -0.25) is 4.79 Å². The van der Waals surface area contributed by atoms with Crippen molar-refractivity contribution in [3.05, 3.63) is 96.1 Å². The smallest absolute Gasteiger partial charge is 0.243 e. The van der Waals surface area contributed by atoms with E-state index in [9.17, 15) is 4.79 Å². The molecule has 3 aromatic carbocycles. The number of carbonyl (C=O) groups is 1. The summed E-state index contributed by atoms with van der Waals surface area (Å²) in [5.74, 6) is -0.0807. The van der Waals surface area contributed by atoms with Crippen molar-refractivity contribution in [2.75, 3.05) is 16.8 Å². The Hall–Kier alpha value is -3.58. The summed E-state index contributed by atoms with van der Waals surface area (Å²) in [5.41, 5.74) is 3.82. The molecule has 4 heteroatoms. The van der Waals surface area contributed by atoms with E-state index < -0.39 is 0 Å². The highest BCUT2D eigenvalue weighted by Gasteiger charge is 2.12. The van der Waals surface area contributed by atoms with E-state index in [1.54, 1.807) is 0 Å². The molecule has 27 heavy (non-hydrogen) atoms. The predicted octanol–water partition coefficient (Wildman–Crippen LogP) is 4.40. The molecule has 0 aliphatic carbocycles. The Bertz CT molecular complexity index is 900. The van der Waals surface area contributed by atoms with E-state index in [4.69, 9.17) is 5.26 Å². The van der Waals surface area contributed by atoms with Crippen molar-refractivity contribution >= 4 is 17.3 Å². The second kappa shape index (κ2) is 9.21. The topological polar surface area (TPSA) is 56.1 Å². The number of carbonyl (C=O) groups excluding carboxylic acids is 1. The molecule has 0 bridgehead atoms. The van der Waals surface area contributed by atoms with Crippen LogP contribution in [0.5, 0.6) is 0 Å². The van der Waals surface area contributed by atoms with Crippen LogP contribution in [0.15, 0.2) is 84.9 Å². The van der Waals surface area contributed by atoms with Gasteiger partial charge in [0.05, 0.1) is 19.0 Å². The number of amides is 1. The van der Waals surface area contributed by atoms with Crippen molar-refractivity contribution in [1.29, 1.82) is 5.26 Å². The molecule has 3 rings (SSSR count). The van der Waals surface area contributed by atoms with E-state index in [0.29, 0.717) is 13.0 Å². The Morgan fingerprint density at radius 2 is 1.48 bits per heavy atom. The zero-order valence-corrected chi connectivity index (χ0v) is 15.0. The minimum absolute atomic E-state index is 0.0807. The summed E-state index contributed by atoms with van der Waals surface area (Å²) < 4.78 is 0. The number of nitriles is 1. The van der Waals surface area contributed by atoms with Crippen molar-refractivity contribution < 1.29 is 4.79 Å². The fourth-order valence-electron chi connectivity index (χ4n) is 2.85. The number of nitrogens with one attached hydrogen (secondary N) is 1. The van der Waals surface area contributed by atoms with Gasteiger partial charge >= 0.3 is 0 Å². The first kappa shape index (κ1) is 18.2. The van der Waals surface area contributed by atoms with Gasteiger partial charge in [0.15, 0.2) is 0 Å². The van der Waals surface area contributed by atoms with Crippen LogP contribution >= 0.6 is 0 Å². The molecular weight excluding hydrogens is 334 g/mol. The van der Waals surface area contributed by atoms with Gasteiger partial charge in [0, 0.05) is 17.9 Å². The third kappa shape index (κ3) is 5.45. The van der Waals surface area contributed by atoms with Crippen LogP contribution in [0.25, 0.3) is 0 Å². The monoisotopic (exact) mass is 355 g/mol. The van der Waals surface area contributed by atoms with Crippen LogP contribution in [0.3, 0.4) is 0 Å². The molecule has 0 spiro atoms. The fraction of sp³-hybridized carbons (Fsp3) is 0.130. The van der Waals surface area contributed by atoms with Gasteiger partial charge < -0.3 is 10.2 Å². The maximum absolute atomic E-state index is 12.6. The number of hydrogen-bond donors (Lipinski definition) is 1. The van der Waals surface area contributed by atoms with Gasteiger partial charge in [0.25, 0.3) is 0 Å². The quantitative estimate of drug-likeness (QED) is 0.683. The van der Waals surface area contributed by atoms with Gasteiger partial charge in [-0.2, -0.15) is 5.26 Å². The van der Waals surface area contributed by atoms with Gasteiger partial charge in [-0.25, -0.2) is 0 Å². The van der Waals surface area contributed by atoms with Crippen LogP contribution in [0.4, 0.5) is 11.4 Å². The van der Waals surface area contributed by atoms with E-state index in [2.05, 4.69) is 28.4 Å². The van der Waals surface area contributed by atoms with E-state index in [1.165, 1.54) is 0 Å². The van der Waals surface area contributed by atoms with Crippen molar-refractivity contribution in [3.8, 4) is 6.07 Å². The molecule has 0 aliphatic rings. The lowest BCUT2D eigenvalue weighted by Gasteiger charge is -2.24. The molecular formula is C23H21N3O. The molecule has 0 aromatic heterocycles. The van der Waals surface area contributed by atoms with Crippen LogP contribution in [0.2, 0.25) is 0 Å². The lowest BCUT2D eigenvalue weighted by atomic mass is 10.1. The van der Waals surface area contributed by atoms with E-state index in [-0.39, 0.29) is 12.5 Å². The highest BCUT2D eigenvalue weighted by molar-refractivity contribution is 5.94. The summed E-state index contributed by atoms with van der Waals surface area (Å²) >= 11 is 0. The SMILES string of the molecule is N#CCc1ccc(NC(=O)CN(Cc2ccccc2)c2ccccc2)cc1. The van der Waals surface area contributed by atoms with Crippen molar-refractivity contribution in [1.82, 2.24) is 0 Å². The molecule has 1 amide bonds. The standard InChI is InChI=1S/C23H21N3O/c24-16-15-19-11-13-21(14-12-19)25-23(27)18-26(22-9-5-2-6-10-22)17-20-7-3-1-4-8-20/h1-14H,15,17-18H2,(H,25,27). The van der Waals surface area contributed by atoms with Gasteiger partial charge in [0.2, 0.25) is 5.91 Å². The lowest BCUT2D eigenvalue weighted by molar-refractivity contribution is -0.115. The molecule has 0 saturated carbocycles. The van der Waals surface area contributed by atoms with Gasteiger partial charge in [-0.1, -0.05) is 60.7 Å². The summed E-state index contributed by atoms with van der Waals surface area (Å²) in [6, 6.07) is 29.5. The summed E-state index contributed by atoms with van der Waals surface area (Å²) in [4.78, 5) is 14.6. The maximum atomic E-state index is 12.6. The molecule has 0 heterocycles. The second-order valence-corrected chi connectivity index (χ2v) is 6.26. The summed E-state index contributed by atoms with van der Waals surface area (Å²) in [7, 11) is 0. The molecule has 4 nitrogen and oxygen atoms in total. The highest BCUT2D eigenvalue weighted by atomic mass is 16.2. The summed E-state index contributed by atoms with van der Waals surface area (Å²) in [6.07, 6.45) is 0.368. The normalized spacial score (nSPS) is 10.0. The summed E-state index contributed by atoms with van der Waals surface area (Å²) in [6.45, 7) is 0.901. The zero-order chi connectivity index (χ0) is 18.9. The molecule has 134 valence electrons. The van der Waals surface area contributed by atoms with Crippen LogP contribution in [-0.4, -0.2) is 12.5 Å². The first-order valence-electron chi connectivity index (χ1n) is 8.84. The first-order valence-corrected chi connectivity index (χ1v) is 8.84. The molecule has 0 unspecified atom stereocenters. The van der Waals surface area contributed by atoms with Crippen molar-refractivity contribution in [2.24, 2.45) is 0 Å². The van der Waals surface area contributed by atoms with Crippen LogP contribution in [0.1, 0.15) is 11.1 Å². The highest BCUT2D eigenvalue weighted by Crippen LogP contribution is 2.17. The fourth-order valence-corrected chi connectivity index (χ4v) is 2.85. The van der Waals surface area contributed by atoms with Crippen LogP contribution in [0, 0.1) is 11.3 Å². The van der Waals surface area contributed by atoms with E-state index in [0.717, 1.165) is 22.5 Å². The molecule has 0 radical (unpaired) electrons. The number of hydrogen-bond acceptors (Lipinski definition) is 3. The van der Waals surface area contributed by atoms with E-state index >= 15 is 0 Å². The molecule has 0 fully saturated rings. The number of para-hydroxylation sites is 1. The van der Waals surface area contributed by atoms with Crippen molar-refractivity contribution in [2.45, 2.75) is 13.0 Å². The second-order valence-electron chi connectivity index (χ2n) is 6.26. The zero-order valence-electron chi connectivity index (χ0n) is 15.0. The molecule has 1 N–H and O–H groups in total. The Kier molecular flexibility index (Phi) is 6.21. The number of rotatable bonds is 7. The largest absolute Gasteiger partial charge is 0.358 e. The van der Waals surface area contributed by atoms with Crippen molar-refractivity contribution in [3.63, 3.8) is 0 Å². The van der Waals surface area contributed by atoms with E-state index in [1.807, 2.05) is 72.8 Å². The molecule has 0 aliphatic heterocycles. The van der Waals surface area contributed by atoms with Gasteiger partial charge in [0.1, 0.15) is 0 Å². The van der Waals surface area contributed by atoms with Gasteiger partial charge in [-0.05, 0) is 35.4 Å². The summed E-state index contributed by atoms with van der Waals surface area (Å²) in [5, 5.41) is 11.7. The number of nitrogens with zero attached hydrogens (tertiary/aromatic N) is 2. The third-order valence-electron chi connectivity index (χ3n) is 4.19. The Labute approximate surface area is 159 Å². The third-order valence-corrected chi connectivity index (χ3v) is 4.19. The first-order chi connectivity index (χ1) is 13.2. The lowest BCUT2D eigenvalue weighted by Crippen LogP contribution is -2.32. The Morgan fingerprint density at radius 1 is 0.852 bits per heavy atom. The number of anilines is 2. The molecule has 0 atom stereocenters.